The van der Waals surface area contributed by atoms with Crippen molar-refractivity contribution in [1.29, 1.82) is 0 Å². The van der Waals surface area contributed by atoms with Gasteiger partial charge in [0.25, 0.3) is 11.7 Å². The molecule has 0 aliphatic heterocycles. The van der Waals surface area contributed by atoms with E-state index in [1.54, 1.807) is 25.6 Å². The number of Topliss-reactive ketones (excluding diaryl/α,β-unsaturated/α-hetero) is 1. The molecule has 1 aromatic carbocycles. The second-order valence-corrected chi connectivity index (χ2v) is 4.88. The van der Waals surface area contributed by atoms with Crippen LogP contribution in [0.15, 0.2) is 30.3 Å². The largest absolute Gasteiger partial charge is 0.306 e. The van der Waals surface area contributed by atoms with Crippen molar-refractivity contribution in [2.45, 2.75) is 20.8 Å². The van der Waals surface area contributed by atoms with Gasteiger partial charge >= 0.3 is 0 Å². The molecule has 0 atom stereocenters. The minimum atomic E-state index is -0.525. The normalized spacial score (nSPS) is 10.5. The van der Waals surface area contributed by atoms with Crippen LogP contribution >= 0.6 is 0 Å². The Kier molecular flexibility index (Phi) is 4.21. The molecule has 0 aliphatic rings. The van der Waals surface area contributed by atoms with Gasteiger partial charge in [-0.15, -0.1) is 0 Å². The molecule has 21 heavy (non-hydrogen) atoms. The number of hydrogen-bond acceptors (Lipinski definition) is 3. The minimum absolute atomic E-state index is 0.400. The number of carbonyl (C=O) groups excluding carboxylic acids is 2. The van der Waals surface area contributed by atoms with Crippen LogP contribution in [0.4, 0.5) is 5.69 Å². The van der Waals surface area contributed by atoms with Crippen molar-refractivity contribution < 1.29 is 9.59 Å². The van der Waals surface area contributed by atoms with Gasteiger partial charge in [-0.05, 0) is 32.9 Å². The summed E-state index contributed by atoms with van der Waals surface area (Å²) in [4.78, 5) is 26.5. The van der Waals surface area contributed by atoms with E-state index in [4.69, 9.17) is 0 Å². The minimum Gasteiger partial charge on any atom is -0.306 e. The Bertz CT molecular complexity index is 674. The van der Waals surface area contributed by atoms with Crippen LogP contribution in [-0.4, -0.2) is 28.0 Å². The molecule has 0 saturated carbocycles. The molecule has 1 heterocycles. The lowest BCUT2D eigenvalue weighted by Gasteiger charge is -2.20. The monoisotopic (exact) mass is 285 g/mol. The summed E-state index contributed by atoms with van der Waals surface area (Å²) in [5, 5.41) is 4.20. The Hall–Kier alpha value is -2.43. The Morgan fingerprint density at radius 3 is 2.29 bits per heavy atom. The molecule has 0 bridgehead atoms. The number of nitrogens with zero attached hydrogens (tertiary/aromatic N) is 3. The highest BCUT2D eigenvalue weighted by Gasteiger charge is 2.28. The maximum atomic E-state index is 12.5. The second-order valence-electron chi connectivity index (χ2n) is 4.88. The van der Waals surface area contributed by atoms with E-state index in [2.05, 4.69) is 5.10 Å². The first-order valence-corrected chi connectivity index (χ1v) is 6.88. The van der Waals surface area contributed by atoms with Crippen molar-refractivity contribution in [2.24, 2.45) is 7.05 Å². The SMILES string of the molecule is CCN(C(=O)C(=O)c1c(C)nn(C)c1C)c1ccccc1. The van der Waals surface area contributed by atoms with E-state index in [-0.39, 0.29) is 0 Å². The number of amides is 1. The first kappa shape index (κ1) is 15.0. The van der Waals surface area contributed by atoms with Gasteiger partial charge in [-0.2, -0.15) is 5.10 Å². The van der Waals surface area contributed by atoms with Gasteiger partial charge in [0.1, 0.15) is 0 Å². The Balaban J connectivity index is 2.36. The molecule has 0 aliphatic carbocycles. The van der Waals surface area contributed by atoms with Gasteiger partial charge in [-0.1, -0.05) is 18.2 Å². The van der Waals surface area contributed by atoms with E-state index in [0.29, 0.717) is 23.5 Å². The molecule has 0 fully saturated rings. The van der Waals surface area contributed by atoms with Crippen LogP contribution in [0.3, 0.4) is 0 Å². The molecule has 0 N–H and O–H groups in total. The highest BCUT2D eigenvalue weighted by Crippen LogP contribution is 2.18. The summed E-state index contributed by atoms with van der Waals surface area (Å²) in [7, 11) is 1.76. The van der Waals surface area contributed by atoms with Crippen molar-refractivity contribution in [3.05, 3.63) is 47.3 Å². The molecule has 5 nitrogen and oxygen atoms in total. The predicted octanol–water partition coefficient (Wildman–Crippen LogP) is 2.27. The van der Waals surface area contributed by atoms with Gasteiger partial charge in [0, 0.05) is 25.0 Å². The smallest absolute Gasteiger partial charge is 0.299 e. The van der Waals surface area contributed by atoms with E-state index in [1.165, 1.54) is 4.90 Å². The maximum Gasteiger partial charge on any atom is 0.299 e. The lowest BCUT2D eigenvalue weighted by molar-refractivity contribution is -0.114. The number of likely N-dealkylation sites (N-methyl/N-ethyl adjacent to an activating group) is 1. The van der Waals surface area contributed by atoms with Crippen LogP contribution < -0.4 is 4.90 Å². The number of anilines is 1. The lowest BCUT2D eigenvalue weighted by Crippen LogP contribution is -2.37. The van der Waals surface area contributed by atoms with Crippen LogP contribution in [0, 0.1) is 13.8 Å². The number of aromatic nitrogens is 2. The summed E-state index contributed by atoms with van der Waals surface area (Å²) >= 11 is 0. The van der Waals surface area contributed by atoms with E-state index in [0.717, 1.165) is 5.69 Å². The number of benzene rings is 1. The highest BCUT2D eigenvalue weighted by molar-refractivity contribution is 6.47. The van der Waals surface area contributed by atoms with E-state index < -0.39 is 11.7 Å². The fraction of sp³-hybridized carbons (Fsp3) is 0.312. The predicted molar refractivity (Wildman–Crippen MR) is 81.5 cm³/mol. The Morgan fingerprint density at radius 2 is 1.81 bits per heavy atom. The molecule has 5 heteroatoms. The Labute approximate surface area is 124 Å². The number of rotatable bonds is 4. The first-order valence-electron chi connectivity index (χ1n) is 6.88. The number of carbonyl (C=O) groups is 2. The highest BCUT2D eigenvalue weighted by atomic mass is 16.2. The van der Waals surface area contributed by atoms with Crippen molar-refractivity contribution in [1.82, 2.24) is 9.78 Å². The summed E-state index contributed by atoms with van der Waals surface area (Å²) < 4.78 is 1.62. The zero-order valence-corrected chi connectivity index (χ0v) is 12.8. The zero-order chi connectivity index (χ0) is 15.6. The average molecular weight is 285 g/mol. The number of aryl methyl sites for hydroxylation is 2. The first-order chi connectivity index (χ1) is 9.97. The van der Waals surface area contributed by atoms with Gasteiger partial charge in [0.05, 0.1) is 11.3 Å². The lowest BCUT2D eigenvalue weighted by atomic mass is 10.1. The van der Waals surface area contributed by atoms with Crippen LogP contribution in [-0.2, 0) is 11.8 Å². The van der Waals surface area contributed by atoms with E-state index in [9.17, 15) is 9.59 Å². The molecule has 1 aromatic heterocycles. The molecular formula is C16H19N3O2. The molecule has 0 saturated heterocycles. The molecule has 2 rings (SSSR count). The average Bonchev–Trinajstić information content (AvgIpc) is 2.73. The van der Waals surface area contributed by atoms with Gasteiger partial charge in [-0.3, -0.25) is 14.3 Å². The Morgan fingerprint density at radius 1 is 1.19 bits per heavy atom. The molecule has 1 amide bonds. The van der Waals surface area contributed by atoms with E-state index >= 15 is 0 Å². The van der Waals surface area contributed by atoms with Crippen LogP contribution in [0.5, 0.6) is 0 Å². The molecular weight excluding hydrogens is 266 g/mol. The summed E-state index contributed by atoms with van der Waals surface area (Å²) in [6.07, 6.45) is 0. The van der Waals surface area contributed by atoms with Crippen molar-refractivity contribution in [2.75, 3.05) is 11.4 Å². The number of ketones is 1. The second kappa shape index (κ2) is 5.91. The summed E-state index contributed by atoms with van der Waals surface area (Å²) in [5.41, 5.74) is 2.40. The zero-order valence-electron chi connectivity index (χ0n) is 12.8. The topological polar surface area (TPSA) is 55.2 Å². The van der Waals surface area contributed by atoms with Crippen molar-refractivity contribution in [3.8, 4) is 0 Å². The third-order valence-electron chi connectivity index (χ3n) is 3.56. The molecule has 110 valence electrons. The fourth-order valence-electron chi connectivity index (χ4n) is 2.38. The molecule has 0 unspecified atom stereocenters. The van der Waals surface area contributed by atoms with Crippen LogP contribution in [0.1, 0.15) is 28.7 Å². The van der Waals surface area contributed by atoms with Gasteiger partial charge in [0.15, 0.2) is 0 Å². The fourth-order valence-corrected chi connectivity index (χ4v) is 2.38. The summed E-state index contributed by atoms with van der Waals surface area (Å²) in [6, 6.07) is 9.20. The molecule has 0 radical (unpaired) electrons. The standard InChI is InChI=1S/C16H19N3O2/c1-5-19(13-9-7-6-8-10-13)16(21)15(20)14-11(2)17-18(4)12(14)3/h6-10H,5H2,1-4H3. The maximum absolute atomic E-state index is 12.5. The van der Waals surface area contributed by atoms with Crippen LogP contribution in [0.2, 0.25) is 0 Å². The van der Waals surface area contributed by atoms with Gasteiger partial charge in [0.2, 0.25) is 0 Å². The quantitative estimate of drug-likeness (QED) is 0.639. The van der Waals surface area contributed by atoms with Gasteiger partial charge in [-0.25, -0.2) is 0 Å². The summed E-state index contributed by atoms with van der Waals surface area (Å²) in [5.74, 6) is -1.04. The summed E-state index contributed by atoms with van der Waals surface area (Å²) in [6.45, 7) is 5.82. The third-order valence-corrected chi connectivity index (χ3v) is 3.56. The molecule has 2 aromatic rings. The van der Waals surface area contributed by atoms with Gasteiger partial charge < -0.3 is 4.90 Å². The van der Waals surface area contributed by atoms with Crippen LogP contribution in [0.25, 0.3) is 0 Å². The van der Waals surface area contributed by atoms with Crippen molar-refractivity contribution in [3.63, 3.8) is 0 Å². The number of hydrogen-bond donors (Lipinski definition) is 0. The number of para-hydroxylation sites is 1. The van der Waals surface area contributed by atoms with Crippen molar-refractivity contribution >= 4 is 17.4 Å². The molecule has 0 spiro atoms. The van der Waals surface area contributed by atoms with E-state index in [1.807, 2.05) is 37.3 Å². The third kappa shape index (κ3) is 2.72.